The predicted octanol–water partition coefficient (Wildman–Crippen LogP) is 0.788. The Morgan fingerprint density at radius 3 is 2.26 bits per heavy atom. The molecule has 0 radical (unpaired) electrons. The minimum atomic E-state index is -0.966. The first-order valence-electron chi connectivity index (χ1n) is 6.29. The van der Waals surface area contributed by atoms with E-state index in [1.807, 2.05) is 6.92 Å². The first kappa shape index (κ1) is 17.2. The molecule has 0 atom stereocenters. The number of urea groups is 1. The van der Waals surface area contributed by atoms with E-state index in [4.69, 9.17) is 9.84 Å². The average molecular weight is 274 g/mol. The number of carbonyl (C=O) groups is 3. The third-order valence-electron chi connectivity index (χ3n) is 2.38. The summed E-state index contributed by atoms with van der Waals surface area (Å²) in [7, 11) is 1.51. The van der Waals surface area contributed by atoms with E-state index in [9.17, 15) is 14.4 Å². The van der Waals surface area contributed by atoms with Gasteiger partial charge < -0.3 is 19.6 Å². The summed E-state index contributed by atoms with van der Waals surface area (Å²) in [6.07, 6.45) is 0.583. The fraction of sp³-hybridized carbons (Fsp3) is 0.750. The summed E-state index contributed by atoms with van der Waals surface area (Å²) in [5.74, 6) is -1.43. The topological polar surface area (TPSA) is 87.2 Å². The highest BCUT2D eigenvalue weighted by molar-refractivity contribution is 5.81. The van der Waals surface area contributed by atoms with Crippen LogP contribution >= 0.6 is 0 Å². The molecule has 110 valence electrons. The van der Waals surface area contributed by atoms with Crippen LogP contribution in [0.5, 0.6) is 0 Å². The first-order chi connectivity index (χ1) is 8.92. The Balaban J connectivity index is 4.45. The van der Waals surface area contributed by atoms with E-state index < -0.39 is 11.9 Å². The quantitative estimate of drug-likeness (QED) is 0.661. The second-order valence-corrected chi connectivity index (χ2v) is 4.07. The van der Waals surface area contributed by atoms with Crippen molar-refractivity contribution in [2.75, 3.05) is 33.3 Å². The molecule has 0 aromatic carbocycles. The maximum absolute atomic E-state index is 12.0. The number of hydrogen-bond donors (Lipinski definition) is 1. The summed E-state index contributed by atoms with van der Waals surface area (Å²) in [6, 6.07) is -0.365. The number of rotatable bonds is 8. The molecular weight excluding hydrogens is 252 g/mol. The van der Waals surface area contributed by atoms with Crippen molar-refractivity contribution in [3.05, 3.63) is 0 Å². The summed E-state index contributed by atoms with van der Waals surface area (Å²) in [5.41, 5.74) is 0. The highest BCUT2D eigenvalue weighted by Gasteiger charge is 2.20. The van der Waals surface area contributed by atoms with Gasteiger partial charge in [0.05, 0.1) is 13.0 Å². The van der Waals surface area contributed by atoms with Crippen molar-refractivity contribution in [2.45, 2.75) is 26.7 Å². The summed E-state index contributed by atoms with van der Waals surface area (Å²) < 4.78 is 4.80. The fourth-order valence-corrected chi connectivity index (χ4v) is 1.48. The predicted molar refractivity (Wildman–Crippen MR) is 68.8 cm³/mol. The number of aliphatic carboxylic acids is 1. The number of carboxylic acids is 1. The molecule has 0 fully saturated rings. The van der Waals surface area contributed by atoms with Crippen molar-refractivity contribution < 1.29 is 24.2 Å². The lowest BCUT2D eigenvalue weighted by Gasteiger charge is -2.26. The van der Waals surface area contributed by atoms with Crippen LogP contribution in [0.2, 0.25) is 0 Å². The van der Waals surface area contributed by atoms with Crippen molar-refractivity contribution >= 4 is 18.0 Å². The Bertz CT molecular complexity index is 319. The molecule has 7 heteroatoms. The lowest BCUT2D eigenvalue weighted by molar-refractivity contribution is -0.144. The number of ether oxygens (including phenoxy) is 1. The molecular formula is C12H22N2O5. The lowest BCUT2D eigenvalue weighted by Crippen LogP contribution is -2.45. The van der Waals surface area contributed by atoms with Gasteiger partial charge in [0.1, 0.15) is 6.54 Å². The molecule has 7 nitrogen and oxygen atoms in total. The van der Waals surface area contributed by atoms with E-state index in [0.717, 1.165) is 0 Å². The van der Waals surface area contributed by atoms with E-state index in [0.29, 0.717) is 13.0 Å². The van der Waals surface area contributed by atoms with Crippen LogP contribution in [0.15, 0.2) is 0 Å². The van der Waals surface area contributed by atoms with E-state index in [-0.39, 0.29) is 32.1 Å². The van der Waals surface area contributed by atoms with Crippen LogP contribution in [0.4, 0.5) is 4.79 Å². The molecule has 0 bridgehead atoms. The monoisotopic (exact) mass is 274 g/mol. The summed E-state index contributed by atoms with van der Waals surface area (Å²) >= 11 is 0. The van der Waals surface area contributed by atoms with Gasteiger partial charge in [-0.25, -0.2) is 4.79 Å². The van der Waals surface area contributed by atoms with Crippen LogP contribution in [-0.4, -0.2) is 66.2 Å². The highest BCUT2D eigenvalue weighted by atomic mass is 16.5. The Kier molecular flexibility index (Phi) is 8.32. The zero-order valence-electron chi connectivity index (χ0n) is 11.7. The third kappa shape index (κ3) is 7.28. The Labute approximate surface area is 113 Å². The lowest BCUT2D eigenvalue weighted by atomic mass is 10.4. The standard InChI is InChI=1S/C12H22N2O5/c1-4-7-14(9-11(17)19-5-2)12(18)13(3)8-6-10(15)16/h4-9H2,1-3H3,(H,15,16). The zero-order valence-corrected chi connectivity index (χ0v) is 11.7. The van der Waals surface area contributed by atoms with Crippen molar-refractivity contribution in [3.63, 3.8) is 0 Å². The molecule has 0 spiro atoms. The van der Waals surface area contributed by atoms with Crippen LogP contribution in [0, 0.1) is 0 Å². The smallest absolute Gasteiger partial charge is 0.325 e. The van der Waals surface area contributed by atoms with Gasteiger partial charge in [-0.05, 0) is 13.3 Å². The zero-order chi connectivity index (χ0) is 14.8. The number of amides is 2. The van der Waals surface area contributed by atoms with Crippen molar-refractivity contribution in [1.82, 2.24) is 9.80 Å². The summed E-state index contributed by atoms with van der Waals surface area (Å²) in [5, 5.41) is 8.58. The van der Waals surface area contributed by atoms with Crippen LogP contribution in [0.1, 0.15) is 26.7 Å². The SMILES string of the molecule is CCCN(CC(=O)OCC)C(=O)N(C)CCC(=O)O. The maximum Gasteiger partial charge on any atom is 0.325 e. The number of carboxylic acid groups (broad SMARTS) is 1. The van der Waals surface area contributed by atoms with Gasteiger partial charge in [0, 0.05) is 20.1 Å². The summed E-state index contributed by atoms with van der Waals surface area (Å²) in [4.78, 5) is 36.5. The molecule has 0 unspecified atom stereocenters. The van der Waals surface area contributed by atoms with Crippen LogP contribution in [-0.2, 0) is 14.3 Å². The molecule has 0 aromatic heterocycles. The van der Waals surface area contributed by atoms with Crippen LogP contribution < -0.4 is 0 Å². The molecule has 0 saturated heterocycles. The van der Waals surface area contributed by atoms with Gasteiger partial charge in [0.25, 0.3) is 0 Å². The van der Waals surface area contributed by atoms with Gasteiger partial charge >= 0.3 is 18.0 Å². The Hall–Kier alpha value is -1.79. The highest BCUT2D eigenvalue weighted by Crippen LogP contribution is 2.01. The Morgan fingerprint density at radius 2 is 1.79 bits per heavy atom. The first-order valence-corrected chi connectivity index (χ1v) is 6.29. The average Bonchev–Trinajstić information content (AvgIpc) is 2.34. The second-order valence-electron chi connectivity index (χ2n) is 4.07. The molecule has 0 aliphatic carbocycles. The molecule has 0 heterocycles. The maximum atomic E-state index is 12.0. The van der Waals surface area contributed by atoms with Gasteiger partial charge in [0.15, 0.2) is 0 Å². The number of hydrogen-bond acceptors (Lipinski definition) is 4. The van der Waals surface area contributed by atoms with E-state index in [1.54, 1.807) is 6.92 Å². The normalized spacial score (nSPS) is 9.84. The Morgan fingerprint density at radius 1 is 1.16 bits per heavy atom. The van der Waals surface area contributed by atoms with E-state index in [2.05, 4.69) is 0 Å². The molecule has 0 rings (SSSR count). The number of esters is 1. The molecule has 0 aliphatic rings. The third-order valence-corrected chi connectivity index (χ3v) is 2.38. The minimum Gasteiger partial charge on any atom is -0.481 e. The second kappa shape index (κ2) is 9.18. The van der Waals surface area contributed by atoms with E-state index in [1.165, 1.54) is 16.8 Å². The van der Waals surface area contributed by atoms with Crippen LogP contribution in [0.25, 0.3) is 0 Å². The van der Waals surface area contributed by atoms with E-state index >= 15 is 0 Å². The molecule has 0 aliphatic heterocycles. The molecule has 0 saturated carbocycles. The van der Waals surface area contributed by atoms with Gasteiger partial charge in [-0.1, -0.05) is 6.92 Å². The van der Waals surface area contributed by atoms with Crippen LogP contribution in [0.3, 0.4) is 0 Å². The van der Waals surface area contributed by atoms with Gasteiger partial charge in [0.2, 0.25) is 0 Å². The largest absolute Gasteiger partial charge is 0.481 e. The van der Waals surface area contributed by atoms with Crippen molar-refractivity contribution in [2.24, 2.45) is 0 Å². The summed E-state index contributed by atoms with van der Waals surface area (Å²) in [6.45, 7) is 4.28. The van der Waals surface area contributed by atoms with Crippen molar-refractivity contribution in [3.8, 4) is 0 Å². The van der Waals surface area contributed by atoms with Gasteiger partial charge in [-0.2, -0.15) is 0 Å². The minimum absolute atomic E-state index is 0.108. The van der Waals surface area contributed by atoms with Gasteiger partial charge in [-0.3, -0.25) is 9.59 Å². The number of nitrogens with zero attached hydrogens (tertiary/aromatic N) is 2. The molecule has 2 amide bonds. The van der Waals surface area contributed by atoms with Gasteiger partial charge in [-0.15, -0.1) is 0 Å². The fourth-order valence-electron chi connectivity index (χ4n) is 1.48. The number of carbonyl (C=O) groups excluding carboxylic acids is 2. The van der Waals surface area contributed by atoms with Crippen molar-refractivity contribution in [1.29, 1.82) is 0 Å². The molecule has 0 aromatic rings. The molecule has 1 N–H and O–H groups in total. The molecule has 19 heavy (non-hydrogen) atoms.